The van der Waals surface area contributed by atoms with Crippen molar-refractivity contribution < 1.29 is 27.9 Å². The number of aryl methyl sites for hydroxylation is 1. The minimum atomic E-state index is -5.08. The molecular weight excluding hydrogens is 413 g/mol. The molecular formula is C21H27F3N4O3. The SMILES string of the molecule is CCc1ccc(C(=O)N2Cc3ccnn3CC(CN(C)C)C2)cc1.O=C(O)C(F)(F)F. The molecule has 0 aliphatic carbocycles. The first kappa shape index (κ1) is 24.4. The van der Waals surface area contributed by atoms with Gasteiger partial charge in [0.2, 0.25) is 0 Å². The molecule has 7 nitrogen and oxygen atoms in total. The zero-order valence-corrected chi connectivity index (χ0v) is 17.8. The van der Waals surface area contributed by atoms with Crippen molar-refractivity contribution in [1.29, 1.82) is 0 Å². The van der Waals surface area contributed by atoms with Crippen LogP contribution in [0.1, 0.15) is 28.5 Å². The lowest BCUT2D eigenvalue weighted by molar-refractivity contribution is -0.192. The van der Waals surface area contributed by atoms with Gasteiger partial charge in [-0.05, 0) is 44.3 Å². The average Bonchev–Trinajstić information content (AvgIpc) is 3.05. The van der Waals surface area contributed by atoms with Crippen molar-refractivity contribution in [2.45, 2.75) is 32.6 Å². The first-order chi connectivity index (χ1) is 14.5. The molecule has 170 valence electrons. The fourth-order valence-electron chi connectivity index (χ4n) is 3.39. The Morgan fingerprint density at radius 2 is 1.77 bits per heavy atom. The van der Waals surface area contributed by atoms with Crippen molar-refractivity contribution in [2.24, 2.45) is 5.92 Å². The van der Waals surface area contributed by atoms with E-state index in [-0.39, 0.29) is 5.91 Å². The molecule has 0 saturated carbocycles. The number of nitrogens with zero attached hydrogens (tertiary/aromatic N) is 4. The third-order valence-electron chi connectivity index (χ3n) is 4.83. The second-order valence-corrected chi connectivity index (χ2v) is 7.67. The van der Waals surface area contributed by atoms with Crippen LogP contribution in [-0.4, -0.2) is 69.9 Å². The van der Waals surface area contributed by atoms with Crippen molar-refractivity contribution in [1.82, 2.24) is 19.6 Å². The fourth-order valence-corrected chi connectivity index (χ4v) is 3.39. The normalized spacial score (nSPS) is 16.2. The van der Waals surface area contributed by atoms with Crippen LogP contribution in [0.5, 0.6) is 0 Å². The molecule has 0 saturated heterocycles. The fraction of sp³-hybridized carbons (Fsp3) is 0.476. The molecule has 1 unspecified atom stereocenters. The molecule has 0 spiro atoms. The number of aliphatic carboxylic acids is 1. The molecule has 1 aliphatic heterocycles. The number of benzene rings is 1. The molecule has 1 aromatic carbocycles. The van der Waals surface area contributed by atoms with Crippen molar-refractivity contribution >= 4 is 11.9 Å². The van der Waals surface area contributed by atoms with E-state index in [0.29, 0.717) is 12.5 Å². The maximum absolute atomic E-state index is 13.0. The molecule has 3 rings (SSSR count). The maximum atomic E-state index is 13.0. The zero-order chi connectivity index (χ0) is 23.2. The third kappa shape index (κ3) is 7.09. The van der Waals surface area contributed by atoms with Crippen molar-refractivity contribution in [3.63, 3.8) is 0 Å². The van der Waals surface area contributed by atoms with Gasteiger partial charge in [0, 0.05) is 37.3 Å². The first-order valence-electron chi connectivity index (χ1n) is 9.85. The van der Waals surface area contributed by atoms with Crippen LogP contribution in [0.3, 0.4) is 0 Å². The third-order valence-corrected chi connectivity index (χ3v) is 4.83. The van der Waals surface area contributed by atoms with Gasteiger partial charge in [-0.1, -0.05) is 19.1 Å². The monoisotopic (exact) mass is 440 g/mol. The number of halogens is 3. The number of fused-ring (bicyclic) bond motifs is 1. The molecule has 2 aromatic rings. The van der Waals surface area contributed by atoms with Crippen LogP contribution in [0.15, 0.2) is 36.5 Å². The van der Waals surface area contributed by atoms with Gasteiger partial charge in [0.05, 0.1) is 12.2 Å². The number of carboxylic acids is 1. The average molecular weight is 440 g/mol. The number of rotatable bonds is 4. The summed E-state index contributed by atoms with van der Waals surface area (Å²) in [5.41, 5.74) is 3.13. The van der Waals surface area contributed by atoms with Gasteiger partial charge in [-0.15, -0.1) is 0 Å². The van der Waals surface area contributed by atoms with Crippen LogP contribution in [0.2, 0.25) is 0 Å². The minimum absolute atomic E-state index is 0.107. The summed E-state index contributed by atoms with van der Waals surface area (Å²) in [5, 5.41) is 11.5. The summed E-state index contributed by atoms with van der Waals surface area (Å²) in [7, 11) is 4.15. The molecule has 1 amide bonds. The molecule has 1 aromatic heterocycles. The van der Waals surface area contributed by atoms with Gasteiger partial charge >= 0.3 is 12.1 Å². The molecule has 10 heteroatoms. The molecule has 1 aliphatic rings. The number of hydrogen-bond acceptors (Lipinski definition) is 4. The van der Waals surface area contributed by atoms with Gasteiger partial charge in [0.15, 0.2) is 0 Å². The largest absolute Gasteiger partial charge is 0.490 e. The standard InChI is InChI=1S/C19H26N4O.C2HF3O2/c1-4-15-5-7-17(8-6-15)19(24)22-12-16(11-21(2)3)13-23-18(14-22)9-10-20-23;3-2(4,5)1(6)7/h5-10,16H,4,11-14H2,1-3H3;(H,6,7). The molecule has 31 heavy (non-hydrogen) atoms. The Morgan fingerprint density at radius 3 is 2.29 bits per heavy atom. The van der Waals surface area contributed by atoms with Crippen molar-refractivity contribution in [3.05, 3.63) is 53.3 Å². The number of alkyl halides is 3. The highest BCUT2D eigenvalue weighted by Gasteiger charge is 2.38. The van der Waals surface area contributed by atoms with Gasteiger partial charge in [0.25, 0.3) is 5.91 Å². The van der Waals surface area contributed by atoms with E-state index in [1.807, 2.05) is 46.1 Å². The summed E-state index contributed by atoms with van der Waals surface area (Å²) in [5.74, 6) is -2.27. The Bertz CT molecular complexity index is 879. The predicted octanol–water partition coefficient (Wildman–Crippen LogP) is 2.91. The number of carbonyl (C=O) groups excluding carboxylic acids is 1. The van der Waals surface area contributed by atoms with Crippen LogP contribution < -0.4 is 0 Å². The highest BCUT2D eigenvalue weighted by Crippen LogP contribution is 2.19. The van der Waals surface area contributed by atoms with Crippen molar-refractivity contribution in [3.8, 4) is 0 Å². The van der Waals surface area contributed by atoms with Gasteiger partial charge in [0.1, 0.15) is 0 Å². The summed E-state index contributed by atoms with van der Waals surface area (Å²) in [6.45, 7) is 5.31. The Morgan fingerprint density at radius 1 is 1.16 bits per heavy atom. The van der Waals surface area contributed by atoms with E-state index in [1.165, 1.54) is 5.56 Å². The van der Waals surface area contributed by atoms with Crippen LogP contribution in [0, 0.1) is 5.92 Å². The quantitative estimate of drug-likeness (QED) is 0.791. The number of carbonyl (C=O) groups is 2. The lowest BCUT2D eigenvalue weighted by atomic mass is 10.1. The van der Waals surface area contributed by atoms with Crippen molar-refractivity contribution in [2.75, 3.05) is 27.2 Å². The van der Waals surface area contributed by atoms with E-state index in [0.717, 1.165) is 37.3 Å². The molecule has 1 atom stereocenters. The minimum Gasteiger partial charge on any atom is -0.475 e. The van der Waals surface area contributed by atoms with Crippen LogP contribution in [0.25, 0.3) is 0 Å². The second-order valence-electron chi connectivity index (χ2n) is 7.67. The molecule has 0 fully saturated rings. The highest BCUT2D eigenvalue weighted by molar-refractivity contribution is 5.94. The van der Waals surface area contributed by atoms with E-state index in [4.69, 9.17) is 9.90 Å². The van der Waals surface area contributed by atoms with Gasteiger partial charge in [-0.2, -0.15) is 18.3 Å². The van der Waals surface area contributed by atoms with Gasteiger partial charge in [-0.25, -0.2) is 4.79 Å². The van der Waals surface area contributed by atoms with E-state index in [1.54, 1.807) is 0 Å². The summed E-state index contributed by atoms with van der Waals surface area (Å²) >= 11 is 0. The Kier molecular flexibility index (Phi) is 8.21. The number of carboxylic acid groups (broad SMARTS) is 1. The lowest BCUT2D eigenvalue weighted by Gasteiger charge is -2.26. The molecule has 0 bridgehead atoms. The molecule has 2 heterocycles. The van der Waals surface area contributed by atoms with E-state index < -0.39 is 12.1 Å². The summed E-state index contributed by atoms with van der Waals surface area (Å²) in [6.07, 6.45) is -2.27. The Labute approximate surface area is 179 Å². The van der Waals surface area contributed by atoms with Gasteiger partial charge < -0.3 is 14.9 Å². The number of amides is 1. The van der Waals surface area contributed by atoms with Gasteiger partial charge in [-0.3, -0.25) is 9.48 Å². The van der Waals surface area contributed by atoms with Crippen LogP contribution in [0.4, 0.5) is 13.2 Å². The van der Waals surface area contributed by atoms with E-state index in [2.05, 4.69) is 31.0 Å². The maximum Gasteiger partial charge on any atom is 0.490 e. The molecule has 1 N–H and O–H groups in total. The first-order valence-corrected chi connectivity index (χ1v) is 9.85. The van der Waals surface area contributed by atoms with Crippen LogP contribution >= 0.6 is 0 Å². The Hall–Kier alpha value is -2.88. The highest BCUT2D eigenvalue weighted by atomic mass is 19.4. The zero-order valence-electron chi connectivity index (χ0n) is 17.8. The number of aromatic nitrogens is 2. The molecule has 0 radical (unpaired) electrons. The van der Waals surface area contributed by atoms with E-state index >= 15 is 0 Å². The Balaban J connectivity index is 0.000000423. The second kappa shape index (κ2) is 10.4. The van der Waals surface area contributed by atoms with Crippen LogP contribution in [-0.2, 0) is 24.3 Å². The topological polar surface area (TPSA) is 78.7 Å². The van der Waals surface area contributed by atoms with E-state index in [9.17, 15) is 18.0 Å². The summed E-state index contributed by atoms with van der Waals surface area (Å²) in [4.78, 5) is 26.0. The lowest BCUT2D eigenvalue weighted by Crippen LogP contribution is -2.37. The predicted molar refractivity (Wildman–Crippen MR) is 109 cm³/mol. The smallest absolute Gasteiger partial charge is 0.475 e. The summed E-state index contributed by atoms with van der Waals surface area (Å²) < 4.78 is 33.8. The number of hydrogen-bond donors (Lipinski definition) is 1. The summed E-state index contributed by atoms with van der Waals surface area (Å²) in [6, 6.07) is 10.0.